The summed E-state index contributed by atoms with van der Waals surface area (Å²) in [7, 11) is 0. The van der Waals surface area contributed by atoms with Gasteiger partial charge in [0.05, 0.1) is 12.6 Å². The van der Waals surface area contributed by atoms with E-state index in [1.807, 2.05) is 0 Å². The Labute approximate surface area is 146 Å². The van der Waals surface area contributed by atoms with Crippen molar-refractivity contribution in [3.05, 3.63) is 30.2 Å². The lowest BCUT2D eigenvalue weighted by molar-refractivity contribution is -0.140. The number of ether oxygens (including phenoxy) is 1. The Hall–Kier alpha value is -1.76. The molecular weight excluding hydrogens is 330 g/mol. The van der Waals surface area contributed by atoms with Crippen LogP contribution in [-0.2, 0) is 16.1 Å². The van der Waals surface area contributed by atoms with Crippen LogP contribution in [0.15, 0.2) is 23.2 Å². The van der Waals surface area contributed by atoms with Gasteiger partial charge in [0.15, 0.2) is 0 Å². The largest absolute Gasteiger partial charge is 0.378 e. The second-order valence-electron chi connectivity index (χ2n) is 6.99. The van der Waals surface area contributed by atoms with E-state index in [1.54, 1.807) is 4.90 Å². The minimum atomic E-state index is -2.71. The van der Waals surface area contributed by atoms with Crippen LogP contribution in [-0.4, -0.2) is 35.2 Å². The SMILES string of the molecule is C=CC(=O)N(Cc1cc(C(F)F)on1)CC1(C2CCCCO2)CCC1. The van der Waals surface area contributed by atoms with E-state index in [0.717, 1.165) is 45.1 Å². The molecular formula is C18H24F2N2O3. The third-order valence-corrected chi connectivity index (χ3v) is 5.35. The minimum absolute atomic E-state index is 0.0473. The van der Waals surface area contributed by atoms with Crippen molar-refractivity contribution >= 4 is 5.91 Å². The average Bonchev–Trinajstić information content (AvgIpc) is 3.06. The molecule has 0 N–H and O–H groups in total. The molecule has 1 saturated carbocycles. The summed E-state index contributed by atoms with van der Waals surface area (Å²) in [6.07, 6.45) is 5.08. The van der Waals surface area contributed by atoms with Gasteiger partial charge in [-0.1, -0.05) is 18.2 Å². The van der Waals surface area contributed by atoms with Crippen LogP contribution in [0.5, 0.6) is 0 Å². The molecule has 2 aliphatic rings. The van der Waals surface area contributed by atoms with Crippen molar-refractivity contribution in [1.29, 1.82) is 0 Å². The zero-order chi connectivity index (χ0) is 17.9. The molecule has 2 fully saturated rings. The van der Waals surface area contributed by atoms with Gasteiger partial charge in [-0.2, -0.15) is 0 Å². The van der Waals surface area contributed by atoms with Crippen molar-refractivity contribution < 1.29 is 22.8 Å². The number of carbonyl (C=O) groups is 1. The highest BCUT2D eigenvalue weighted by Gasteiger charge is 2.46. The second-order valence-corrected chi connectivity index (χ2v) is 6.99. The van der Waals surface area contributed by atoms with Gasteiger partial charge in [-0.15, -0.1) is 0 Å². The zero-order valence-corrected chi connectivity index (χ0v) is 14.3. The first-order valence-electron chi connectivity index (χ1n) is 8.81. The lowest BCUT2D eigenvalue weighted by Gasteiger charge is -2.50. The van der Waals surface area contributed by atoms with Crippen LogP contribution < -0.4 is 0 Å². The predicted molar refractivity (Wildman–Crippen MR) is 86.9 cm³/mol. The van der Waals surface area contributed by atoms with E-state index in [-0.39, 0.29) is 24.0 Å². The lowest BCUT2D eigenvalue weighted by atomic mass is 9.63. The Morgan fingerprint density at radius 3 is 2.76 bits per heavy atom. The van der Waals surface area contributed by atoms with Crippen LogP contribution in [0.3, 0.4) is 0 Å². The molecule has 0 aromatic carbocycles. The number of alkyl halides is 2. The molecule has 1 aliphatic heterocycles. The Morgan fingerprint density at radius 1 is 1.44 bits per heavy atom. The molecule has 138 valence electrons. The number of carbonyl (C=O) groups excluding carboxylic acids is 1. The van der Waals surface area contributed by atoms with Crippen molar-refractivity contribution in [2.45, 2.75) is 57.6 Å². The van der Waals surface area contributed by atoms with Gasteiger partial charge >= 0.3 is 0 Å². The second kappa shape index (κ2) is 7.64. The normalized spacial score (nSPS) is 22.4. The molecule has 1 saturated heterocycles. The number of rotatable bonds is 7. The Morgan fingerprint density at radius 2 is 2.24 bits per heavy atom. The molecule has 1 aliphatic carbocycles. The molecule has 1 aromatic heterocycles. The molecule has 2 heterocycles. The fourth-order valence-electron chi connectivity index (χ4n) is 3.86. The maximum Gasteiger partial charge on any atom is 0.298 e. The van der Waals surface area contributed by atoms with E-state index in [4.69, 9.17) is 4.74 Å². The zero-order valence-electron chi connectivity index (χ0n) is 14.3. The highest BCUT2D eigenvalue weighted by Crippen LogP contribution is 2.48. The third-order valence-electron chi connectivity index (χ3n) is 5.35. The van der Waals surface area contributed by atoms with Gasteiger partial charge in [0, 0.05) is 24.6 Å². The molecule has 0 bridgehead atoms. The summed E-state index contributed by atoms with van der Waals surface area (Å²) in [5.41, 5.74) is 0.276. The van der Waals surface area contributed by atoms with Gasteiger partial charge in [0.25, 0.3) is 6.43 Å². The summed E-state index contributed by atoms with van der Waals surface area (Å²) < 4.78 is 36.0. The highest BCUT2D eigenvalue weighted by molar-refractivity contribution is 5.87. The summed E-state index contributed by atoms with van der Waals surface area (Å²) in [5.74, 6) is -0.710. The highest BCUT2D eigenvalue weighted by atomic mass is 19.3. The topological polar surface area (TPSA) is 55.6 Å². The summed E-state index contributed by atoms with van der Waals surface area (Å²) in [4.78, 5) is 13.9. The summed E-state index contributed by atoms with van der Waals surface area (Å²) >= 11 is 0. The minimum Gasteiger partial charge on any atom is -0.378 e. The first-order valence-corrected chi connectivity index (χ1v) is 8.81. The van der Waals surface area contributed by atoms with Crippen LogP contribution in [0.4, 0.5) is 8.78 Å². The van der Waals surface area contributed by atoms with E-state index < -0.39 is 12.2 Å². The summed E-state index contributed by atoms with van der Waals surface area (Å²) in [5, 5.41) is 3.67. The van der Waals surface area contributed by atoms with E-state index in [9.17, 15) is 13.6 Å². The Balaban J connectivity index is 1.73. The molecule has 1 unspecified atom stereocenters. The first-order chi connectivity index (χ1) is 12.0. The van der Waals surface area contributed by atoms with Crippen molar-refractivity contribution in [3.63, 3.8) is 0 Å². The van der Waals surface area contributed by atoms with Crippen LogP contribution in [0.25, 0.3) is 0 Å². The molecule has 1 aromatic rings. The molecule has 7 heteroatoms. The number of halogens is 2. The maximum atomic E-state index is 12.7. The number of aromatic nitrogens is 1. The number of hydrogen-bond donors (Lipinski definition) is 0. The third kappa shape index (κ3) is 3.92. The predicted octanol–water partition coefficient (Wildman–Crippen LogP) is 3.87. The Bertz CT molecular complexity index is 607. The first kappa shape index (κ1) is 18.0. The lowest BCUT2D eigenvalue weighted by Crippen LogP contribution is -2.52. The molecule has 0 radical (unpaired) electrons. The Kier molecular flexibility index (Phi) is 5.51. The van der Waals surface area contributed by atoms with Crippen molar-refractivity contribution in [2.75, 3.05) is 13.2 Å². The average molecular weight is 354 g/mol. The van der Waals surface area contributed by atoms with Gasteiger partial charge in [-0.3, -0.25) is 4.79 Å². The smallest absolute Gasteiger partial charge is 0.298 e. The quantitative estimate of drug-likeness (QED) is 0.698. The van der Waals surface area contributed by atoms with E-state index in [1.165, 1.54) is 12.1 Å². The van der Waals surface area contributed by atoms with Crippen LogP contribution in [0.1, 0.15) is 56.4 Å². The molecule has 25 heavy (non-hydrogen) atoms. The van der Waals surface area contributed by atoms with Gasteiger partial charge in [0.2, 0.25) is 11.7 Å². The number of amides is 1. The molecule has 1 atom stereocenters. The number of hydrogen-bond acceptors (Lipinski definition) is 4. The molecule has 1 amide bonds. The van der Waals surface area contributed by atoms with Gasteiger partial charge in [-0.05, 0) is 38.2 Å². The van der Waals surface area contributed by atoms with Crippen molar-refractivity contribution in [3.8, 4) is 0 Å². The molecule has 3 rings (SSSR count). The van der Waals surface area contributed by atoms with E-state index in [2.05, 4.69) is 16.3 Å². The van der Waals surface area contributed by atoms with Crippen LogP contribution >= 0.6 is 0 Å². The van der Waals surface area contributed by atoms with Crippen molar-refractivity contribution in [2.24, 2.45) is 5.41 Å². The van der Waals surface area contributed by atoms with Crippen LogP contribution in [0, 0.1) is 5.41 Å². The fourth-order valence-corrected chi connectivity index (χ4v) is 3.86. The van der Waals surface area contributed by atoms with Crippen molar-refractivity contribution in [1.82, 2.24) is 10.1 Å². The number of nitrogens with zero attached hydrogens (tertiary/aromatic N) is 2. The fraction of sp³-hybridized carbons (Fsp3) is 0.667. The van der Waals surface area contributed by atoms with E-state index in [0.29, 0.717) is 12.2 Å². The molecule has 0 spiro atoms. The maximum absolute atomic E-state index is 12.7. The van der Waals surface area contributed by atoms with E-state index >= 15 is 0 Å². The van der Waals surface area contributed by atoms with Gasteiger partial charge in [0.1, 0.15) is 5.69 Å². The standard InChI is InChI=1S/C18H24F2N2O3/c1-2-16(23)22(11-13-10-14(17(19)20)25-21-13)12-18(7-5-8-18)15-6-3-4-9-24-15/h2,10,15,17H,1,3-9,11-12H2. The summed E-state index contributed by atoms with van der Waals surface area (Å²) in [6, 6.07) is 1.21. The van der Waals surface area contributed by atoms with Crippen LogP contribution in [0.2, 0.25) is 0 Å². The molecule has 5 nitrogen and oxygen atoms in total. The monoisotopic (exact) mass is 354 g/mol. The summed E-state index contributed by atoms with van der Waals surface area (Å²) in [6.45, 7) is 4.99. The van der Waals surface area contributed by atoms with Gasteiger partial charge < -0.3 is 14.2 Å². The van der Waals surface area contributed by atoms with Gasteiger partial charge in [-0.25, -0.2) is 8.78 Å².